The lowest BCUT2D eigenvalue weighted by molar-refractivity contribution is 0.567. The lowest BCUT2D eigenvalue weighted by atomic mass is 10.2. The van der Waals surface area contributed by atoms with Crippen LogP contribution in [0, 0.1) is 0 Å². The van der Waals surface area contributed by atoms with Gasteiger partial charge in [0.1, 0.15) is 5.52 Å². The van der Waals surface area contributed by atoms with Gasteiger partial charge in [-0.1, -0.05) is 26.2 Å². The molecule has 0 atom stereocenters. The Hall–Kier alpha value is -2.18. The van der Waals surface area contributed by atoms with Crippen LogP contribution in [0.5, 0.6) is 0 Å². The average molecular weight is 264 g/mol. The number of hydrogen-bond acceptors (Lipinski definition) is 4. The molecular weight excluding hydrogens is 248 g/mol. The number of unbranched alkanes of at least 4 members (excludes halogenated alkanes) is 3. The molecule has 0 spiro atoms. The standard InChI is InChI=1S/C12H16N4O3/c1-2-3-4-5-6-16-7-13-8-9(11(16)18)14-12(19)15-10(8)17/h7H,2-6H2,1H3,(H2,14,15,17,19). The highest BCUT2D eigenvalue weighted by atomic mass is 16.2. The van der Waals surface area contributed by atoms with Crippen LogP contribution in [0.1, 0.15) is 32.6 Å². The van der Waals surface area contributed by atoms with E-state index in [1.165, 1.54) is 10.9 Å². The monoisotopic (exact) mass is 264 g/mol. The van der Waals surface area contributed by atoms with E-state index in [0.29, 0.717) is 6.54 Å². The molecule has 0 aromatic carbocycles. The van der Waals surface area contributed by atoms with E-state index in [9.17, 15) is 14.4 Å². The van der Waals surface area contributed by atoms with E-state index < -0.39 is 11.2 Å². The summed E-state index contributed by atoms with van der Waals surface area (Å²) in [6, 6.07) is 0. The highest BCUT2D eigenvalue weighted by Gasteiger charge is 2.08. The van der Waals surface area contributed by atoms with Crippen LogP contribution in [0.15, 0.2) is 20.7 Å². The minimum Gasteiger partial charge on any atom is -0.301 e. The van der Waals surface area contributed by atoms with E-state index in [4.69, 9.17) is 0 Å². The lowest BCUT2D eigenvalue weighted by Gasteiger charge is -2.05. The Bertz CT molecular complexity index is 741. The summed E-state index contributed by atoms with van der Waals surface area (Å²) in [4.78, 5) is 43.1. The van der Waals surface area contributed by atoms with Crippen molar-refractivity contribution in [1.29, 1.82) is 0 Å². The van der Waals surface area contributed by atoms with Gasteiger partial charge in [0.05, 0.1) is 6.33 Å². The van der Waals surface area contributed by atoms with Crippen LogP contribution >= 0.6 is 0 Å². The van der Waals surface area contributed by atoms with Gasteiger partial charge in [0.2, 0.25) is 0 Å². The third-order valence-corrected chi connectivity index (χ3v) is 2.97. The van der Waals surface area contributed by atoms with Crippen molar-refractivity contribution in [1.82, 2.24) is 19.5 Å². The first-order valence-electron chi connectivity index (χ1n) is 6.35. The van der Waals surface area contributed by atoms with Crippen molar-refractivity contribution < 1.29 is 0 Å². The highest BCUT2D eigenvalue weighted by Crippen LogP contribution is 2.01. The van der Waals surface area contributed by atoms with Crippen molar-refractivity contribution in [3.63, 3.8) is 0 Å². The smallest absolute Gasteiger partial charge is 0.301 e. The van der Waals surface area contributed by atoms with Crippen LogP contribution in [0.2, 0.25) is 0 Å². The van der Waals surface area contributed by atoms with E-state index in [0.717, 1.165) is 25.7 Å². The first kappa shape index (κ1) is 13.3. The fraction of sp³-hybridized carbons (Fsp3) is 0.500. The highest BCUT2D eigenvalue weighted by molar-refractivity contribution is 5.70. The number of aromatic nitrogens is 4. The summed E-state index contributed by atoms with van der Waals surface area (Å²) in [5, 5.41) is 0. The van der Waals surface area contributed by atoms with Gasteiger partial charge >= 0.3 is 5.69 Å². The summed E-state index contributed by atoms with van der Waals surface area (Å²) < 4.78 is 1.42. The molecule has 2 heterocycles. The Morgan fingerprint density at radius 1 is 1.16 bits per heavy atom. The van der Waals surface area contributed by atoms with Gasteiger partial charge < -0.3 is 4.98 Å². The zero-order valence-electron chi connectivity index (χ0n) is 10.7. The number of H-pyrrole nitrogens is 2. The number of hydrogen-bond donors (Lipinski definition) is 2. The largest absolute Gasteiger partial charge is 0.326 e. The van der Waals surface area contributed by atoms with E-state index in [1.54, 1.807) is 0 Å². The van der Waals surface area contributed by atoms with Gasteiger partial charge in [-0.05, 0) is 6.42 Å². The third kappa shape index (κ3) is 2.81. The molecule has 2 aromatic heterocycles. The maximum absolute atomic E-state index is 12.1. The maximum Gasteiger partial charge on any atom is 0.326 e. The van der Waals surface area contributed by atoms with Crippen LogP contribution in [-0.2, 0) is 6.54 Å². The topological polar surface area (TPSA) is 101 Å². The Balaban J connectivity index is 2.38. The SMILES string of the molecule is CCCCCCn1cnc2c(=O)[nH]c(=O)[nH]c2c1=O. The van der Waals surface area contributed by atoms with Crippen molar-refractivity contribution in [2.75, 3.05) is 0 Å². The van der Waals surface area contributed by atoms with Gasteiger partial charge in [0, 0.05) is 6.54 Å². The Morgan fingerprint density at radius 3 is 2.68 bits per heavy atom. The summed E-state index contributed by atoms with van der Waals surface area (Å²) in [6.07, 6.45) is 5.49. The van der Waals surface area contributed by atoms with E-state index >= 15 is 0 Å². The molecule has 0 bridgehead atoms. The van der Waals surface area contributed by atoms with E-state index in [1.807, 2.05) is 4.98 Å². The first-order valence-corrected chi connectivity index (χ1v) is 6.35. The van der Waals surface area contributed by atoms with E-state index in [-0.39, 0.29) is 16.6 Å². The zero-order valence-corrected chi connectivity index (χ0v) is 10.7. The van der Waals surface area contributed by atoms with Gasteiger partial charge in [-0.25, -0.2) is 9.78 Å². The number of nitrogens with one attached hydrogen (secondary N) is 2. The molecule has 0 saturated heterocycles. The number of nitrogens with zero attached hydrogens (tertiary/aromatic N) is 2. The fourth-order valence-electron chi connectivity index (χ4n) is 1.95. The molecule has 0 fully saturated rings. The summed E-state index contributed by atoms with van der Waals surface area (Å²) in [7, 11) is 0. The zero-order chi connectivity index (χ0) is 13.8. The second-order valence-corrected chi connectivity index (χ2v) is 4.44. The second kappa shape index (κ2) is 5.64. The minimum absolute atomic E-state index is 0.0330. The number of rotatable bonds is 5. The van der Waals surface area contributed by atoms with Crippen molar-refractivity contribution >= 4 is 11.0 Å². The van der Waals surface area contributed by atoms with Crippen LogP contribution in [0.25, 0.3) is 11.0 Å². The number of aromatic amines is 2. The normalized spacial score (nSPS) is 11.0. The molecule has 0 saturated carbocycles. The van der Waals surface area contributed by atoms with Crippen molar-refractivity contribution in [3.8, 4) is 0 Å². The lowest BCUT2D eigenvalue weighted by Crippen LogP contribution is -2.30. The van der Waals surface area contributed by atoms with Gasteiger partial charge in [-0.2, -0.15) is 0 Å². The molecule has 0 aliphatic rings. The maximum atomic E-state index is 12.1. The molecule has 19 heavy (non-hydrogen) atoms. The second-order valence-electron chi connectivity index (χ2n) is 4.44. The van der Waals surface area contributed by atoms with Crippen LogP contribution < -0.4 is 16.8 Å². The molecule has 0 radical (unpaired) electrons. The fourth-order valence-corrected chi connectivity index (χ4v) is 1.95. The number of fused-ring (bicyclic) bond motifs is 1. The molecule has 2 N–H and O–H groups in total. The molecule has 7 heteroatoms. The third-order valence-electron chi connectivity index (χ3n) is 2.97. The van der Waals surface area contributed by atoms with Gasteiger partial charge in [0.15, 0.2) is 5.52 Å². The van der Waals surface area contributed by atoms with Crippen LogP contribution in [0.3, 0.4) is 0 Å². The number of aryl methyl sites for hydroxylation is 1. The summed E-state index contributed by atoms with van der Waals surface area (Å²) in [6.45, 7) is 2.65. The molecule has 0 unspecified atom stereocenters. The Kier molecular flexibility index (Phi) is 3.94. The Labute approximate surface area is 108 Å². The summed E-state index contributed by atoms with van der Waals surface area (Å²) in [5.74, 6) is 0. The van der Waals surface area contributed by atoms with Gasteiger partial charge in [0.25, 0.3) is 11.1 Å². The van der Waals surface area contributed by atoms with Crippen molar-refractivity contribution in [2.45, 2.75) is 39.2 Å². The predicted octanol–water partition coefficient (Wildman–Crippen LogP) is 0.353. The molecular formula is C12H16N4O3. The molecule has 102 valence electrons. The molecule has 2 rings (SSSR count). The minimum atomic E-state index is -0.694. The quantitative estimate of drug-likeness (QED) is 0.761. The van der Waals surface area contributed by atoms with Gasteiger partial charge in [-0.15, -0.1) is 0 Å². The van der Waals surface area contributed by atoms with Crippen molar-refractivity contribution in [3.05, 3.63) is 37.5 Å². The van der Waals surface area contributed by atoms with Crippen LogP contribution in [-0.4, -0.2) is 19.5 Å². The molecule has 0 aliphatic carbocycles. The predicted molar refractivity (Wildman–Crippen MR) is 71.4 cm³/mol. The van der Waals surface area contributed by atoms with Crippen LogP contribution in [0.4, 0.5) is 0 Å². The molecule has 0 aliphatic heterocycles. The van der Waals surface area contributed by atoms with E-state index in [2.05, 4.69) is 16.9 Å². The average Bonchev–Trinajstić information content (AvgIpc) is 2.37. The molecule has 7 nitrogen and oxygen atoms in total. The van der Waals surface area contributed by atoms with Gasteiger partial charge in [-0.3, -0.25) is 19.1 Å². The Morgan fingerprint density at radius 2 is 1.95 bits per heavy atom. The summed E-state index contributed by atoms with van der Waals surface area (Å²) in [5.41, 5.74) is -1.79. The summed E-state index contributed by atoms with van der Waals surface area (Å²) >= 11 is 0. The molecule has 0 amide bonds. The van der Waals surface area contributed by atoms with Crippen molar-refractivity contribution in [2.24, 2.45) is 0 Å². The first-order chi connectivity index (χ1) is 9.13. The molecule has 2 aromatic rings.